The summed E-state index contributed by atoms with van der Waals surface area (Å²) in [6, 6.07) is 2.11. The molecule has 1 unspecified atom stereocenters. The summed E-state index contributed by atoms with van der Waals surface area (Å²) in [6.07, 6.45) is 6.47. The quantitative estimate of drug-likeness (QED) is 0.854. The van der Waals surface area contributed by atoms with E-state index in [-0.39, 0.29) is 0 Å². The fourth-order valence-electron chi connectivity index (χ4n) is 2.12. The minimum atomic E-state index is 0.373. The number of anilines is 1. The van der Waals surface area contributed by atoms with Gasteiger partial charge in [-0.05, 0) is 41.8 Å². The third-order valence-electron chi connectivity index (χ3n) is 2.84. The van der Waals surface area contributed by atoms with Gasteiger partial charge in [-0.15, -0.1) is 0 Å². The predicted octanol–water partition coefficient (Wildman–Crippen LogP) is 2.85. The number of nitrogens with zero attached hydrogens (tertiary/aromatic N) is 2. The molecule has 4 heteroatoms. The molecular formula is C12H17BrN2O. The van der Waals surface area contributed by atoms with Gasteiger partial charge in [0.15, 0.2) is 0 Å². The van der Waals surface area contributed by atoms with E-state index in [9.17, 15) is 0 Å². The summed E-state index contributed by atoms with van der Waals surface area (Å²) in [6.45, 7) is 4.93. The average Bonchev–Trinajstić information content (AvgIpc) is 2.30. The molecule has 1 atom stereocenters. The maximum atomic E-state index is 5.69. The highest BCUT2D eigenvalue weighted by atomic mass is 79.9. The van der Waals surface area contributed by atoms with Gasteiger partial charge in [-0.3, -0.25) is 4.98 Å². The zero-order valence-electron chi connectivity index (χ0n) is 9.53. The lowest BCUT2D eigenvalue weighted by atomic mass is 10.1. The second-order valence-electron chi connectivity index (χ2n) is 4.03. The third-order valence-corrected chi connectivity index (χ3v) is 3.27. The highest BCUT2D eigenvalue weighted by Crippen LogP contribution is 2.23. The molecule has 1 aromatic heterocycles. The molecule has 88 valence electrons. The van der Waals surface area contributed by atoms with Gasteiger partial charge >= 0.3 is 0 Å². The van der Waals surface area contributed by atoms with Crippen LogP contribution in [-0.4, -0.2) is 30.8 Å². The van der Waals surface area contributed by atoms with Crippen molar-refractivity contribution in [3.05, 3.63) is 22.9 Å². The predicted molar refractivity (Wildman–Crippen MR) is 68.8 cm³/mol. The first-order valence-corrected chi connectivity index (χ1v) is 6.56. The summed E-state index contributed by atoms with van der Waals surface area (Å²) in [4.78, 5) is 6.55. The molecule has 1 aliphatic heterocycles. The summed E-state index contributed by atoms with van der Waals surface area (Å²) in [5, 5.41) is 0. The van der Waals surface area contributed by atoms with Crippen LogP contribution in [0.4, 0.5) is 5.69 Å². The Bertz CT molecular complexity index is 344. The van der Waals surface area contributed by atoms with Crippen LogP contribution in [0.5, 0.6) is 0 Å². The molecule has 2 heterocycles. The highest BCUT2D eigenvalue weighted by Gasteiger charge is 2.20. The van der Waals surface area contributed by atoms with Crippen LogP contribution in [0.25, 0.3) is 0 Å². The lowest BCUT2D eigenvalue weighted by molar-refractivity contribution is 0.0526. The van der Waals surface area contributed by atoms with Crippen LogP contribution in [0.15, 0.2) is 22.9 Å². The topological polar surface area (TPSA) is 25.4 Å². The lowest BCUT2D eigenvalue weighted by Gasteiger charge is -2.33. The van der Waals surface area contributed by atoms with Crippen molar-refractivity contribution in [2.45, 2.75) is 25.9 Å². The minimum absolute atomic E-state index is 0.373. The highest BCUT2D eigenvalue weighted by molar-refractivity contribution is 9.10. The van der Waals surface area contributed by atoms with E-state index >= 15 is 0 Å². The summed E-state index contributed by atoms with van der Waals surface area (Å²) in [5.41, 5.74) is 1.18. The lowest BCUT2D eigenvalue weighted by Crippen LogP contribution is -2.39. The number of pyridine rings is 1. The second-order valence-corrected chi connectivity index (χ2v) is 4.94. The fraction of sp³-hybridized carbons (Fsp3) is 0.583. The molecule has 3 nitrogen and oxygen atoms in total. The molecule has 0 radical (unpaired) electrons. The van der Waals surface area contributed by atoms with Gasteiger partial charge in [0.25, 0.3) is 0 Å². The van der Waals surface area contributed by atoms with E-state index in [2.05, 4.69) is 38.8 Å². The van der Waals surface area contributed by atoms with Gasteiger partial charge in [0.1, 0.15) is 0 Å². The minimum Gasteiger partial charge on any atom is -0.377 e. The van der Waals surface area contributed by atoms with E-state index in [0.717, 1.165) is 24.2 Å². The summed E-state index contributed by atoms with van der Waals surface area (Å²) < 4.78 is 6.72. The van der Waals surface area contributed by atoms with Crippen molar-refractivity contribution >= 4 is 21.6 Å². The maximum Gasteiger partial charge on any atom is 0.0750 e. The van der Waals surface area contributed by atoms with Gasteiger partial charge in [-0.25, -0.2) is 0 Å². The van der Waals surface area contributed by atoms with Crippen molar-refractivity contribution in [1.29, 1.82) is 0 Å². The number of hydrogen-bond acceptors (Lipinski definition) is 3. The third kappa shape index (κ3) is 2.95. The van der Waals surface area contributed by atoms with Gasteiger partial charge in [0.05, 0.1) is 18.0 Å². The van der Waals surface area contributed by atoms with Gasteiger partial charge in [-0.1, -0.05) is 0 Å². The Balaban J connectivity index is 2.03. The number of hydrogen-bond donors (Lipinski definition) is 0. The Morgan fingerprint density at radius 2 is 2.44 bits per heavy atom. The average molecular weight is 285 g/mol. The molecule has 0 amide bonds. The van der Waals surface area contributed by atoms with Gasteiger partial charge in [0, 0.05) is 30.4 Å². The molecule has 0 aromatic carbocycles. The Labute approximate surface area is 105 Å². The van der Waals surface area contributed by atoms with E-state index in [1.807, 2.05) is 12.4 Å². The first-order valence-electron chi connectivity index (χ1n) is 5.76. The zero-order valence-corrected chi connectivity index (χ0v) is 11.1. The fourth-order valence-corrected chi connectivity index (χ4v) is 2.47. The molecule has 1 aliphatic rings. The SMILES string of the molecule is CCOC1CCCN(c2cncc(Br)c2)C1. The van der Waals surface area contributed by atoms with Crippen LogP contribution in [0.3, 0.4) is 0 Å². The zero-order chi connectivity index (χ0) is 11.4. The summed E-state index contributed by atoms with van der Waals surface area (Å²) >= 11 is 3.45. The van der Waals surface area contributed by atoms with Crippen molar-refractivity contribution < 1.29 is 4.74 Å². The number of piperidine rings is 1. The van der Waals surface area contributed by atoms with Crippen LogP contribution in [0, 0.1) is 0 Å². The normalized spacial score (nSPS) is 21.1. The van der Waals surface area contributed by atoms with E-state index in [1.165, 1.54) is 18.5 Å². The van der Waals surface area contributed by atoms with Gasteiger partial charge in [-0.2, -0.15) is 0 Å². The van der Waals surface area contributed by atoms with Crippen LogP contribution >= 0.6 is 15.9 Å². The van der Waals surface area contributed by atoms with E-state index in [0.29, 0.717) is 6.10 Å². The molecule has 0 aliphatic carbocycles. The number of halogens is 1. The summed E-state index contributed by atoms with van der Waals surface area (Å²) in [5.74, 6) is 0. The monoisotopic (exact) mass is 284 g/mol. The van der Waals surface area contributed by atoms with Crippen molar-refractivity contribution in [2.24, 2.45) is 0 Å². The Kier molecular flexibility index (Phi) is 4.18. The van der Waals surface area contributed by atoms with Gasteiger partial charge < -0.3 is 9.64 Å². The molecular weight excluding hydrogens is 268 g/mol. The van der Waals surface area contributed by atoms with Crippen LogP contribution < -0.4 is 4.90 Å². The maximum absolute atomic E-state index is 5.69. The number of ether oxygens (including phenoxy) is 1. The molecule has 16 heavy (non-hydrogen) atoms. The van der Waals surface area contributed by atoms with Crippen LogP contribution in [0.2, 0.25) is 0 Å². The van der Waals surface area contributed by atoms with Crippen LogP contribution in [-0.2, 0) is 4.74 Å². The second kappa shape index (κ2) is 5.64. The number of aromatic nitrogens is 1. The largest absolute Gasteiger partial charge is 0.377 e. The Morgan fingerprint density at radius 3 is 3.19 bits per heavy atom. The molecule has 0 bridgehead atoms. The molecule has 2 rings (SSSR count). The standard InChI is InChI=1S/C12H17BrN2O/c1-2-16-12-4-3-5-15(9-12)11-6-10(13)7-14-8-11/h6-8,12H,2-5,9H2,1H3. The smallest absolute Gasteiger partial charge is 0.0750 e. The molecule has 0 saturated carbocycles. The number of rotatable bonds is 3. The van der Waals surface area contributed by atoms with Crippen molar-refractivity contribution in [1.82, 2.24) is 4.98 Å². The van der Waals surface area contributed by atoms with E-state index < -0.39 is 0 Å². The first kappa shape index (κ1) is 11.9. The Morgan fingerprint density at radius 1 is 1.56 bits per heavy atom. The molecule has 0 spiro atoms. The van der Waals surface area contributed by atoms with E-state index in [4.69, 9.17) is 4.74 Å². The molecule has 1 saturated heterocycles. The first-order chi connectivity index (χ1) is 7.79. The van der Waals surface area contributed by atoms with E-state index in [1.54, 1.807) is 0 Å². The molecule has 1 fully saturated rings. The molecule has 1 aromatic rings. The van der Waals surface area contributed by atoms with Crippen molar-refractivity contribution in [3.63, 3.8) is 0 Å². The summed E-state index contributed by atoms with van der Waals surface area (Å²) in [7, 11) is 0. The molecule has 0 N–H and O–H groups in total. The van der Waals surface area contributed by atoms with Crippen LogP contribution in [0.1, 0.15) is 19.8 Å². The van der Waals surface area contributed by atoms with Crippen molar-refractivity contribution in [2.75, 3.05) is 24.6 Å². The Hall–Kier alpha value is -0.610. The van der Waals surface area contributed by atoms with Crippen molar-refractivity contribution in [3.8, 4) is 0 Å². The van der Waals surface area contributed by atoms with Gasteiger partial charge in [0.2, 0.25) is 0 Å².